The molecule has 0 unspecified atom stereocenters. The van der Waals surface area contributed by atoms with Gasteiger partial charge in [0, 0.05) is 6.42 Å². The van der Waals surface area contributed by atoms with Crippen LogP contribution in [0.25, 0.3) is 0 Å². The van der Waals surface area contributed by atoms with Crippen molar-refractivity contribution in [3.63, 3.8) is 0 Å². The van der Waals surface area contributed by atoms with Gasteiger partial charge in [0.05, 0.1) is 19.4 Å². The summed E-state index contributed by atoms with van der Waals surface area (Å²) in [7, 11) is 0. The Hall–Kier alpha value is -0.960. The first-order chi connectivity index (χ1) is 12.3. The molecule has 0 aromatic rings. The highest BCUT2D eigenvalue weighted by atomic mass is 16.2. The number of rotatable bonds is 16. The number of allylic oxidation sites excluding steroid dienone is 1. The minimum absolute atomic E-state index is 0.0827. The summed E-state index contributed by atoms with van der Waals surface area (Å²) in [6.45, 7) is 2.92. The summed E-state index contributed by atoms with van der Waals surface area (Å²) in [5.74, 6) is 0.165. The van der Waals surface area contributed by atoms with Crippen LogP contribution in [0.4, 0.5) is 0 Å². The number of unbranched alkanes of at least 4 members (excludes halogenated alkanes) is 12. The van der Waals surface area contributed by atoms with Crippen LogP contribution in [0.5, 0.6) is 0 Å². The summed E-state index contributed by atoms with van der Waals surface area (Å²) < 4.78 is 0. The highest BCUT2D eigenvalue weighted by Gasteiger charge is 2.34. The van der Waals surface area contributed by atoms with E-state index in [-0.39, 0.29) is 11.8 Å². The molecule has 0 aromatic carbocycles. The molecule has 1 heterocycles. The molecule has 1 aliphatic rings. The first kappa shape index (κ1) is 22.1. The first-order valence-electron chi connectivity index (χ1n) is 10.8. The molecule has 0 bridgehead atoms. The minimum atomic E-state index is 0.0827. The van der Waals surface area contributed by atoms with Crippen LogP contribution in [0.1, 0.15) is 110 Å². The van der Waals surface area contributed by atoms with Crippen LogP contribution in [0.2, 0.25) is 0 Å². The van der Waals surface area contributed by atoms with Gasteiger partial charge in [-0.2, -0.15) is 0 Å². The SMILES string of the molecule is CCCCCCCCCCCCCCC=CCC[NH+]1C(=O)CCC1=O. The maximum absolute atomic E-state index is 11.5. The second-order valence-electron chi connectivity index (χ2n) is 7.51. The predicted octanol–water partition coefficient (Wildman–Crippen LogP) is 4.76. The molecule has 1 rings (SSSR count). The lowest BCUT2D eigenvalue weighted by atomic mass is 10.0. The van der Waals surface area contributed by atoms with Crippen molar-refractivity contribution in [3.05, 3.63) is 12.2 Å². The van der Waals surface area contributed by atoms with E-state index in [9.17, 15) is 9.59 Å². The van der Waals surface area contributed by atoms with Crippen LogP contribution < -0.4 is 4.90 Å². The van der Waals surface area contributed by atoms with Gasteiger partial charge in [0.25, 0.3) is 0 Å². The average Bonchev–Trinajstić information content (AvgIpc) is 2.93. The Morgan fingerprint density at radius 3 is 1.64 bits per heavy atom. The average molecular weight is 351 g/mol. The second-order valence-corrected chi connectivity index (χ2v) is 7.51. The first-order valence-corrected chi connectivity index (χ1v) is 10.8. The van der Waals surface area contributed by atoms with Gasteiger partial charge in [-0.25, -0.2) is 14.5 Å². The van der Waals surface area contributed by atoms with E-state index in [1.165, 1.54) is 77.0 Å². The summed E-state index contributed by atoms with van der Waals surface area (Å²) in [5.41, 5.74) is 0. The smallest absolute Gasteiger partial charge is 0.230 e. The molecule has 3 heteroatoms. The van der Waals surface area contributed by atoms with Crippen molar-refractivity contribution in [3.8, 4) is 0 Å². The number of carbonyl (C=O) groups excluding carboxylic acids is 2. The maximum Gasteiger partial charge on any atom is 0.320 e. The lowest BCUT2D eigenvalue weighted by Gasteiger charge is -2.04. The van der Waals surface area contributed by atoms with E-state index in [4.69, 9.17) is 0 Å². The Labute approximate surface area is 155 Å². The Kier molecular flexibility index (Phi) is 13.5. The van der Waals surface area contributed by atoms with Gasteiger partial charge in [-0.15, -0.1) is 0 Å². The fraction of sp³-hybridized carbons (Fsp3) is 0.818. The number of hydrogen-bond acceptors (Lipinski definition) is 2. The molecule has 0 atom stereocenters. The van der Waals surface area contributed by atoms with E-state index in [1.807, 2.05) is 0 Å². The summed E-state index contributed by atoms with van der Waals surface area (Å²) >= 11 is 0. The van der Waals surface area contributed by atoms with Crippen LogP contribution in [0, 0.1) is 0 Å². The molecule has 1 N–H and O–H groups in total. The maximum atomic E-state index is 11.5. The van der Waals surface area contributed by atoms with Crippen molar-refractivity contribution in [2.45, 2.75) is 110 Å². The minimum Gasteiger partial charge on any atom is -0.230 e. The van der Waals surface area contributed by atoms with Crippen LogP contribution in [0.15, 0.2) is 12.2 Å². The molecule has 1 aliphatic heterocycles. The van der Waals surface area contributed by atoms with Crippen molar-refractivity contribution in [1.29, 1.82) is 0 Å². The molecule has 2 amide bonds. The number of amides is 2. The Morgan fingerprint density at radius 1 is 0.680 bits per heavy atom. The van der Waals surface area contributed by atoms with Crippen LogP contribution in [-0.4, -0.2) is 18.4 Å². The Balaban J connectivity index is 1.79. The van der Waals surface area contributed by atoms with Gasteiger partial charge in [-0.3, -0.25) is 0 Å². The van der Waals surface area contributed by atoms with Crippen molar-refractivity contribution in [2.24, 2.45) is 0 Å². The van der Waals surface area contributed by atoms with Gasteiger partial charge in [-0.1, -0.05) is 89.7 Å². The summed E-state index contributed by atoms with van der Waals surface area (Å²) in [4.78, 5) is 23.6. The number of nitrogens with one attached hydrogen (secondary N) is 1. The van der Waals surface area contributed by atoms with Crippen molar-refractivity contribution >= 4 is 11.8 Å². The zero-order valence-electron chi connectivity index (χ0n) is 16.5. The fourth-order valence-corrected chi connectivity index (χ4v) is 3.53. The third-order valence-corrected chi connectivity index (χ3v) is 5.20. The van der Waals surface area contributed by atoms with Crippen LogP contribution in [0.3, 0.4) is 0 Å². The van der Waals surface area contributed by atoms with E-state index < -0.39 is 0 Å². The zero-order valence-corrected chi connectivity index (χ0v) is 16.5. The zero-order chi connectivity index (χ0) is 18.2. The monoisotopic (exact) mass is 350 g/mol. The number of imide groups is 1. The largest absolute Gasteiger partial charge is 0.320 e. The lowest BCUT2D eigenvalue weighted by molar-refractivity contribution is -0.731. The van der Waals surface area contributed by atoms with Gasteiger partial charge in [0.1, 0.15) is 0 Å². The molecular formula is C22H40NO2+. The summed E-state index contributed by atoms with van der Waals surface area (Å²) in [5, 5.41) is 0. The van der Waals surface area contributed by atoms with Gasteiger partial charge in [-0.05, 0) is 12.8 Å². The quantitative estimate of drug-likeness (QED) is 0.248. The molecule has 0 aromatic heterocycles. The third-order valence-electron chi connectivity index (χ3n) is 5.20. The number of likely N-dealkylation sites (tertiary alicyclic amines) is 1. The third kappa shape index (κ3) is 11.3. The van der Waals surface area contributed by atoms with E-state index in [0.29, 0.717) is 24.3 Å². The summed E-state index contributed by atoms with van der Waals surface area (Å²) in [6.07, 6.45) is 23.9. The highest BCUT2D eigenvalue weighted by Crippen LogP contribution is 2.12. The Bertz CT molecular complexity index is 373. The van der Waals surface area contributed by atoms with Crippen LogP contribution >= 0.6 is 0 Å². The van der Waals surface area contributed by atoms with Gasteiger partial charge < -0.3 is 0 Å². The molecule has 25 heavy (non-hydrogen) atoms. The fourth-order valence-electron chi connectivity index (χ4n) is 3.53. The molecule has 0 spiro atoms. The van der Waals surface area contributed by atoms with E-state index in [1.54, 1.807) is 0 Å². The van der Waals surface area contributed by atoms with Crippen molar-refractivity contribution in [2.75, 3.05) is 6.54 Å². The van der Waals surface area contributed by atoms with E-state index >= 15 is 0 Å². The van der Waals surface area contributed by atoms with Gasteiger partial charge in [0.2, 0.25) is 0 Å². The van der Waals surface area contributed by atoms with Crippen molar-refractivity contribution in [1.82, 2.24) is 0 Å². The molecule has 3 nitrogen and oxygen atoms in total. The molecule has 1 fully saturated rings. The molecule has 0 saturated carbocycles. The standard InChI is InChI=1S/C22H39NO2/c1-2-3-4-5-6-7-8-9-10-11-12-13-14-15-16-17-20-23-21(24)18-19-22(23)25/h15-16H,2-14,17-20H2,1H3/p+1. The Morgan fingerprint density at radius 2 is 1.12 bits per heavy atom. The van der Waals surface area contributed by atoms with E-state index in [2.05, 4.69) is 19.1 Å². The summed E-state index contributed by atoms with van der Waals surface area (Å²) in [6, 6.07) is 0. The molecule has 0 aliphatic carbocycles. The van der Waals surface area contributed by atoms with E-state index in [0.717, 1.165) is 12.8 Å². The highest BCUT2D eigenvalue weighted by molar-refractivity contribution is 5.88. The van der Waals surface area contributed by atoms with Crippen molar-refractivity contribution < 1.29 is 14.5 Å². The number of hydrogen-bond donors (Lipinski definition) is 1. The topological polar surface area (TPSA) is 38.6 Å². The van der Waals surface area contributed by atoms with Crippen LogP contribution in [-0.2, 0) is 9.59 Å². The van der Waals surface area contributed by atoms with Gasteiger partial charge in [0.15, 0.2) is 0 Å². The normalized spacial score (nSPS) is 15.7. The molecule has 1 saturated heterocycles. The second kappa shape index (κ2) is 15.3. The lowest BCUT2D eigenvalue weighted by Crippen LogP contribution is -3.14. The number of quaternary nitrogens is 1. The predicted molar refractivity (Wildman–Crippen MR) is 105 cm³/mol. The number of carbonyl (C=O) groups is 2. The van der Waals surface area contributed by atoms with Gasteiger partial charge >= 0.3 is 11.8 Å². The molecular weight excluding hydrogens is 310 g/mol. The molecule has 0 radical (unpaired) electrons. The molecule has 144 valence electrons.